The number of hydrogen-bond donors (Lipinski definition) is 3. The van der Waals surface area contributed by atoms with E-state index in [4.69, 9.17) is 0 Å². The predicted octanol–water partition coefficient (Wildman–Crippen LogP) is 1.91. The molecular weight excluding hydrogens is 316 g/mol. The number of anilines is 1. The lowest BCUT2D eigenvalue weighted by Gasteiger charge is -2.07. The Morgan fingerprint density at radius 3 is 2.65 bits per heavy atom. The molecule has 0 saturated carbocycles. The van der Waals surface area contributed by atoms with E-state index in [0.717, 1.165) is 24.4 Å². The summed E-state index contributed by atoms with van der Waals surface area (Å²) in [5.41, 5.74) is 1.87. The minimum Gasteiger partial charge on any atom is -0.351 e. The summed E-state index contributed by atoms with van der Waals surface area (Å²) in [4.78, 5) is 25.0. The number of unbranched alkanes of at least 4 members (excludes halogenated alkanes) is 1. The van der Waals surface area contributed by atoms with Gasteiger partial charge in [0, 0.05) is 6.54 Å². The van der Waals surface area contributed by atoms with E-state index >= 15 is 0 Å². The zero-order valence-electron chi connectivity index (χ0n) is 13.4. The fourth-order valence-corrected chi connectivity index (χ4v) is 2.56. The zero-order chi connectivity index (χ0) is 16.8. The van der Waals surface area contributed by atoms with E-state index in [0.29, 0.717) is 34.9 Å². The van der Waals surface area contributed by atoms with E-state index in [1.165, 1.54) is 0 Å². The van der Waals surface area contributed by atoms with Gasteiger partial charge in [0.15, 0.2) is 5.69 Å². The van der Waals surface area contributed by atoms with Gasteiger partial charge in [-0.3, -0.25) is 14.7 Å². The van der Waals surface area contributed by atoms with Gasteiger partial charge in [-0.25, -0.2) is 0 Å². The molecule has 0 bridgehead atoms. The fraction of sp³-hybridized carbons (Fsp3) is 0.500. The van der Waals surface area contributed by atoms with Gasteiger partial charge >= 0.3 is 0 Å². The lowest BCUT2D eigenvalue weighted by molar-refractivity contribution is 0.0949. The number of amides is 2. The van der Waals surface area contributed by atoms with Crippen molar-refractivity contribution in [3.05, 3.63) is 22.0 Å². The predicted molar refractivity (Wildman–Crippen MR) is 87.8 cm³/mol. The SMILES string of the molecule is CCCCNC(=O)c1n[nH]c(CC)c1NC(=O)c1snnc1C. The number of aryl methyl sites for hydroxylation is 2. The molecule has 2 amide bonds. The van der Waals surface area contributed by atoms with Crippen LogP contribution in [0.2, 0.25) is 0 Å². The van der Waals surface area contributed by atoms with Crippen LogP contribution in [0.3, 0.4) is 0 Å². The van der Waals surface area contributed by atoms with Gasteiger partial charge in [0.05, 0.1) is 17.1 Å². The number of aromatic amines is 1. The summed E-state index contributed by atoms with van der Waals surface area (Å²) in [5, 5.41) is 16.2. The molecule has 124 valence electrons. The molecule has 9 heteroatoms. The Labute approximate surface area is 138 Å². The van der Waals surface area contributed by atoms with Crippen LogP contribution in [0.1, 0.15) is 58.2 Å². The first-order valence-electron chi connectivity index (χ1n) is 7.54. The van der Waals surface area contributed by atoms with E-state index in [9.17, 15) is 9.59 Å². The molecule has 0 unspecified atom stereocenters. The van der Waals surface area contributed by atoms with Crippen molar-refractivity contribution < 1.29 is 9.59 Å². The number of nitrogens with zero attached hydrogens (tertiary/aromatic N) is 3. The molecule has 0 aromatic carbocycles. The van der Waals surface area contributed by atoms with Crippen molar-refractivity contribution >= 4 is 29.0 Å². The number of carbonyl (C=O) groups excluding carboxylic acids is 2. The number of nitrogens with one attached hydrogen (secondary N) is 3. The van der Waals surface area contributed by atoms with Crippen molar-refractivity contribution in [1.82, 2.24) is 25.1 Å². The Kier molecular flexibility index (Phi) is 5.80. The molecule has 8 nitrogen and oxygen atoms in total. The van der Waals surface area contributed by atoms with Gasteiger partial charge in [0.2, 0.25) is 0 Å². The number of H-pyrrole nitrogens is 1. The monoisotopic (exact) mass is 336 g/mol. The molecule has 2 rings (SSSR count). The third-order valence-electron chi connectivity index (χ3n) is 3.32. The molecule has 0 aliphatic heterocycles. The summed E-state index contributed by atoms with van der Waals surface area (Å²) >= 11 is 1.02. The van der Waals surface area contributed by atoms with Gasteiger partial charge in [0.25, 0.3) is 11.8 Å². The number of carbonyl (C=O) groups is 2. The highest BCUT2D eigenvalue weighted by atomic mass is 32.1. The second kappa shape index (κ2) is 7.82. The van der Waals surface area contributed by atoms with E-state index in [2.05, 4.69) is 30.4 Å². The van der Waals surface area contributed by atoms with Crippen molar-refractivity contribution in [2.75, 3.05) is 11.9 Å². The average molecular weight is 336 g/mol. The lowest BCUT2D eigenvalue weighted by atomic mass is 10.2. The highest BCUT2D eigenvalue weighted by molar-refractivity contribution is 7.08. The van der Waals surface area contributed by atoms with Gasteiger partial charge in [-0.1, -0.05) is 24.8 Å². The maximum atomic E-state index is 12.3. The summed E-state index contributed by atoms with van der Waals surface area (Å²) in [5.74, 6) is -0.639. The lowest BCUT2D eigenvalue weighted by Crippen LogP contribution is -2.26. The normalized spacial score (nSPS) is 10.6. The van der Waals surface area contributed by atoms with Crippen LogP contribution >= 0.6 is 11.5 Å². The second-order valence-corrected chi connectivity index (χ2v) is 5.78. The molecule has 2 aromatic rings. The Balaban J connectivity index is 2.19. The summed E-state index contributed by atoms with van der Waals surface area (Å²) < 4.78 is 3.75. The highest BCUT2D eigenvalue weighted by Crippen LogP contribution is 2.21. The van der Waals surface area contributed by atoms with Crippen LogP contribution < -0.4 is 10.6 Å². The maximum Gasteiger partial charge on any atom is 0.273 e. The van der Waals surface area contributed by atoms with Gasteiger partial charge in [-0.15, -0.1) is 5.10 Å². The standard InChI is InChI=1S/C14H20N6O2S/c1-4-6-7-15-13(21)11-10(9(5-2)18-19-11)16-14(22)12-8(3)17-20-23-12/h4-7H2,1-3H3,(H,15,21)(H,16,22)(H,18,19). The smallest absolute Gasteiger partial charge is 0.273 e. The largest absolute Gasteiger partial charge is 0.351 e. The highest BCUT2D eigenvalue weighted by Gasteiger charge is 2.22. The molecule has 0 aliphatic rings. The maximum absolute atomic E-state index is 12.3. The number of rotatable bonds is 7. The molecule has 23 heavy (non-hydrogen) atoms. The summed E-state index contributed by atoms with van der Waals surface area (Å²) in [6.45, 7) is 6.26. The van der Waals surface area contributed by atoms with Crippen molar-refractivity contribution in [3.63, 3.8) is 0 Å². The number of aromatic nitrogens is 4. The Bertz CT molecular complexity index is 693. The first-order chi connectivity index (χ1) is 11.1. The van der Waals surface area contributed by atoms with Crippen LogP contribution in [0.4, 0.5) is 5.69 Å². The van der Waals surface area contributed by atoms with Crippen LogP contribution in [0.5, 0.6) is 0 Å². The van der Waals surface area contributed by atoms with Crippen molar-refractivity contribution in [2.45, 2.75) is 40.0 Å². The van der Waals surface area contributed by atoms with E-state index in [-0.39, 0.29) is 17.5 Å². The van der Waals surface area contributed by atoms with Gasteiger partial charge in [0.1, 0.15) is 4.88 Å². The van der Waals surface area contributed by atoms with Crippen molar-refractivity contribution in [1.29, 1.82) is 0 Å². The number of hydrogen-bond acceptors (Lipinski definition) is 6. The quantitative estimate of drug-likeness (QED) is 0.669. The van der Waals surface area contributed by atoms with Crippen LogP contribution in [0.15, 0.2) is 0 Å². The minimum absolute atomic E-state index is 0.196. The summed E-state index contributed by atoms with van der Waals surface area (Å²) in [6, 6.07) is 0. The molecule has 3 N–H and O–H groups in total. The van der Waals surface area contributed by atoms with E-state index < -0.39 is 0 Å². The Hall–Kier alpha value is -2.29. The van der Waals surface area contributed by atoms with Crippen molar-refractivity contribution in [3.8, 4) is 0 Å². The van der Waals surface area contributed by atoms with Crippen LogP contribution in [-0.4, -0.2) is 38.1 Å². The zero-order valence-corrected chi connectivity index (χ0v) is 14.2. The summed E-state index contributed by atoms with van der Waals surface area (Å²) in [7, 11) is 0. The van der Waals surface area contributed by atoms with Gasteiger partial charge < -0.3 is 10.6 Å². The average Bonchev–Trinajstić information content (AvgIpc) is 3.13. The molecule has 0 radical (unpaired) electrons. The molecule has 0 fully saturated rings. The van der Waals surface area contributed by atoms with Crippen LogP contribution in [-0.2, 0) is 6.42 Å². The topological polar surface area (TPSA) is 113 Å². The van der Waals surface area contributed by atoms with E-state index in [1.807, 2.05) is 13.8 Å². The second-order valence-electron chi connectivity index (χ2n) is 5.03. The van der Waals surface area contributed by atoms with Crippen LogP contribution in [0.25, 0.3) is 0 Å². The summed E-state index contributed by atoms with van der Waals surface area (Å²) in [6.07, 6.45) is 2.50. The van der Waals surface area contributed by atoms with Gasteiger partial charge in [-0.2, -0.15) is 5.10 Å². The van der Waals surface area contributed by atoms with E-state index in [1.54, 1.807) is 6.92 Å². The van der Waals surface area contributed by atoms with Gasteiger partial charge in [-0.05, 0) is 31.3 Å². The molecule has 0 spiro atoms. The molecule has 2 aromatic heterocycles. The van der Waals surface area contributed by atoms with Crippen LogP contribution in [0, 0.1) is 6.92 Å². The van der Waals surface area contributed by atoms with Crippen molar-refractivity contribution in [2.24, 2.45) is 0 Å². The first-order valence-corrected chi connectivity index (χ1v) is 8.31. The third-order valence-corrected chi connectivity index (χ3v) is 4.15. The molecular formula is C14H20N6O2S. The minimum atomic E-state index is -0.337. The molecule has 0 aliphatic carbocycles. The molecule has 0 saturated heterocycles. The Morgan fingerprint density at radius 1 is 1.26 bits per heavy atom. The molecule has 0 atom stereocenters. The fourth-order valence-electron chi connectivity index (χ4n) is 2.01. The molecule has 2 heterocycles. The Morgan fingerprint density at radius 2 is 2.04 bits per heavy atom. The first kappa shape index (κ1) is 17.1. The third kappa shape index (κ3) is 3.92.